The molecule has 1 aromatic heterocycles. The Morgan fingerprint density at radius 3 is 2.30 bits per heavy atom. The van der Waals surface area contributed by atoms with Crippen molar-refractivity contribution in [3.63, 3.8) is 0 Å². The van der Waals surface area contributed by atoms with Crippen molar-refractivity contribution >= 4 is 17.9 Å². The van der Waals surface area contributed by atoms with Gasteiger partial charge >= 0.3 is 6.09 Å². The second kappa shape index (κ2) is 11.2. The van der Waals surface area contributed by atoms with E-state index in [4.69, 9.17) is 19.9 Å². The maximum Gasteiger partial charge on any atom is 0.410 e. The van der Waals surface area contributed by atoms with Crippen LogP contribution in [0.4, 0.5) is 10.7 Å². The minimum absolute atomic E-state index is 0.0292. The van der Waals surface area contributed by atoms with Crippen LogP contribution in [0.2, 0.25) is 0 Å². The van der Waals surface area contributed by atoms with Crippen LogP contribution in [-0.2, 0) is 4.74 Å². The predicted octanol–water partition coefficient (Wildman–Crippen LogP) is 4.97. The monoisotopic (exact) mass is 505 g/mol. The highest BCUT2D eigenvalue weighted by Crippen LogP contribution is 2.28. The number of nitrogens with zero attached hydrogens (tertiary/aromatic N) is 3. The Kier molecular flexibility index (Phi) is 7.76. The third-order valence-electron chi connectivity index (χ3n) is 5.44. The summed E-state index contributed by atoms with van der Waals surface area (Å²) in [5, 5.41) is 3.23. The van der Waals surface area contributed by atoms with E-state index in [1.165, 1.54) is 6.20 Å². The average molecular weight is 506 g/mol. The molecule has 2 amide bonds. The SMILES string of the molecule is CC(C)(C)OC(=O)N1CCCC(Nc2ncc(C(N)=O)c(Oc3ccc(Oc4ccccc4)cc3)n2)C1. The smallest absolute Gasteiger partial charge is 0.410 e. The van der Waals surface area contributed by atoms with E-state index in [1.807, 2.05) is 51.1 Å². The first-order valence-electron chi connectivity index (χ1n) is 12.1. The first-order valence-corrected chi connectivity index (χ1v) is 12.1. The summed E-state index contributed by atoms with van der Waals surface area (Å²) < 4.78 is 17.2. The molecule has 0 spiro atoms. The number of aromatic nitrogens is 2. The molecule has 0 bridgehead atoms. The van der Waals surface area contributed by atoms with Crippen molar-refractivity contribution in [3.8, 4) is 23.1 Å². The van der Waals surface area contributed by atoms with Gasteiger partial charge in [-0.1, -0.05) is 18.2 Å². The number of ether oxygens (including phenoxy) is 3. The summed E-state index contributed by atoms with van der Waals surface area (Å²) in [7, 11) is 0. The van der Waals surface area contributed by atoms with Gasteiger partial charge in [0.15, 0.2) is 0 Å². The lowest BCUT2D eigenvalue weighted by Gasteiger charge is -2.34. The van der Waals surface area contributed by atoms with Gasteiger partial charge in [0.2, 0.25) is 11.8 Å². The van der Waals surface area contributed by atoms with Gasteiger partial charge in [0.25, 0.3) is 5.91 Å². The molecular weight excluding hydrogens is 474 g/mol. The van der Waals surface area contributed by atoms with Crippen molar-refractivity contribution in [2.75, 3.05) is 18.4 Å². The third kappa shape index (κ3) is 7.33. The molecule has 37 heavy (non-hydrogen) atoms. The van der Waals surface area contributed by atoms with E-state index >= 15 is 0 Å². The molecule has 3 N–H and O–H groups in total. The summed E-state index contributed by atoms with van der Waals surface area (Å²) in [5.41, 5.74) is 5.00. The standard InChI is InChI=1S/C27H31N5O5/c1-27(2,3)37-26(34)32-15-7-8-18(17-32)30-25-29-16-22(23(28)33)24(31-25)36-21-13-11-20(12-14-21)35-19-9-5-4-6-10-19/h4-6,9-14,16,18H,7-8,15,17H2,1-3H3,(H2,28,33)(H,29,30,31). The number of nitrogens with one attached hydrogen (secondary N) is 1. The van der Waals surface area contributed by atoms with E-state index in [1.54, 1.807) is 29.2 Å². The van der Waals surface area contributed by atoms with Crippen molar-refractivity contribution in [1.29, 1.82) is 0 Å². The molecule has 0 saturated carbocycles. The van der Waals surface area contributed by atoms with Gasteiger partial charge in [-0.2, -0.15) is 4.98 Å². The van der Waals surface area contributed by atoms with Gasteiger partial charge in [-0.05, 0) is 70.0 Å². The number of amides is 2. The fourth-order valence-corrected chi connectivity index (χ4v) is 3.76. The van der Waals surface area contributed by atoms with Gasteiger partial charge in [0, 0.05) is 25.3 Å². The molecule has 1 unspecified atom stereocenters. The minimum atomic E-state index is -0.709. The summed E-state index contributed by atoms with van der Waals surface area (Å²) in [6.07, 6.45) is 2.60. The van der Waals surface area contributed by atoms with E-state index in [0.29, 0.717) is 30.3 Å². The topological polar surface area (TPSA) is 129 Å². The molecule has 1 fully saturated rings. The summed E-state index contributed by atoms with van der Waals surface area (Å²) in [4.78, 5) is 34.7. The van der Waals surface area contributed by atoms with Crippen LogP contribution in [0.25, 0.3) is 0 Å². The maximum atomic E-state index is 12.5. The zero-order chi connectivity index (χ0) is 26.4. The summed E-state index contributed by atoms with van der Waals surface area (Å²) in [5.74, 6) is 1.37. The van der Waals surface area contributed by atoms with Crippen molar-refractivity contribution < 1.29 is 23.8 Å². The van der Waals surface area contributed by atoms with Crippen LogP contribution in [0.3, 0.4) is 0 Å². The zero-order valence-corrected chi connectivity index (χ0v) is 21.1. The second-order valence-corrected chi connectivity index (χ2v) is 9.68. The van der Waals surface area contributed by atoms with E-state index in [9.17, 15) is 9.59 Å². The molecule has 1 saturated heterocycles. The molecule has 2 heterocycles. The fourth-order valence-electron chi connectivity index (χ4n) is 3.76. The fraction of sp³-hybridized carbons (Fsp3) is 0.333. The highest BCUT2D eigenvalue weighted by Gasteiger charge is 2.28. The third-order valence-corrected chi connectivity index (χ3v) is 5.44. The highest BCUT2D eigenvalue weighted by atomic mass is 16.6. The molecule has 194 valence electrons. The molecule has 3 aromatic rings. The molecule has 10 heteroatoms. The number of carbonyl (C=O) groups excluding carboxylic acids is 2. The van der Waals surface area contributed by atoms with Crippen LogP contribution in [0.1, 0.15) is 44.0 Å². The number of hydrogen-bond acceptors (Lipinski definition) is 8. The molecule has 4 rings (SSSR count). The molecule has 2 aromatic carbocycles. The first-order chi connectivity index (χ1) is 17.7. The number of rotatable bonds is 7. The Morgan fingerprint density at radius 1 is 1.00 bits per heavy atom. The second-order valence-electron chi connectivity index (χ2n) is 9.68. The number of anilines is 1. The van der Waals surface area contributed by atoms with Crippen LogP contribution >= 0.6 is 0 Å². The van der Waals surface area contributed by atoms with Gasteiger partial charge in [0.05, 0.1) is 0 Å². The molecule has 0 radical (unpaired) electrons. The molecule has 1 atom stereocenters. The van der Waals surface area contributed by atoms with Crippen LogP contribution in [0, 0.1) is 0 Å². The number of nitrogens with two attached hydrogens (primary N) is 1. The van der Waals surface area contributed by atoms with Gasteiger partial charge < -0.3 is 30.2 Å². The molecule has 1 aliphatic rings. The highest BCUT2D eigenvalue weighted by molar-refractivity contribution is 5.94. The van der Waals surface area contributed by atoms with Gasteiger partial charge in [0.1, 0.15) is 28.4 Å². The number of piperidine rings is 1. The van der Waals surface area contributed by atoms with Crippen LogP contribution in [0.15, 0.2) is 60.8 Å². The minimum Gasteiger partial charge on any atom is -0.457 e. The van der Waals surface area contributed by atoms with E-state index in [0.717, 1.165) is 12.8 Å². The number of likely N-dealkylation sites (tertiary alicyclic amines) is 1. The Labute approximate surface area is 215 Å². The first kappa shape index (κ1) is 25.7. The molecule has 0 aliphatic carbocycles. The summed E-state index contributed by atoms with van der Waals surface area (Å²) in [6.45, 7) is 6.57. The largest absolute Gasteiger partial charge is 0.457 e. The van der Waals surface area contributed by atoms with Crippen molar-refractivity contribution in [2.24, 2.45) is 5.73 Å². The van der Waals surface area contributed by atoms with Gasteiger partial charge in [-0.25, -0.2) is 9.78 Å². The van der Waals surface area contributed by atoms with Gasteiger partial charge in [-0.15, -0.1) is 0 Å². The van der Waals surface area contributed by atoms with Crippen molar-refractivity contribution in [3.05, 3.63) is 66.4 Å². The lowest BCUT2D eigenvalue weighted by molar-refractivity contribution is 0.0206. The van der Waals surface area contributed by atoms with Crippen LogP contribution < -0.4 is 20.5 Å². The van der Waals surface area contributed by atoms with E-state index in [-0.39, 0.29) is 29.5 Å². The number of hydrogen-bond donors (Lipinski definition) is 2. The Hall–Kier alpha value is -4.34. The predicted molar refractivity (Wildman–Crippen MR) is 138 cm³/mol. The Morgan fingerprint density at radius 2 is 1.65 bits per heavy atom. The molecular formula is C27H31N5O5. The van der Waals surface area contributed by atoms with Crippen LogP contribution in [-0.4, -0.2) is 51.6 Å². The lowest BCUT2D eigenvalue weighted by Crippen LogP contribution is -2.47. The number of benzene rings is 2. The molecule has 1 aliphatic heterocycles. The van der Waals surface area contributed by atoms with Crippen LogP contribution in [0.5, 0.6) is 23.1 Å². The lowest BCUT2D eigenvalue weighted by atomic mass is 10.1. The van der Waals surface area contributed by atoms with Crippen molar-refractivity contribution in [2.45, 2.75) is 45.3 Å². The zero-order valence-electron chi connectivity index (χ0n) is 21.1. The maximum absolute atomic E-state index is 12.5. The van der Waals surface area contributed by atoms with Gasteiger partial charge in [-0.3, -0.25) is 4.79 Å². The summed E-state index contributed by atoms with van der Waals surface area (Å²) >= 11 is 0. The van der Waals surface area contributed by atoms with E-state index < -0.39 is 11.5 Å². The Bertz CT molecular complexity index is 1230. The molecule has 10 nitrogen and oxygen atoms in total. The summed E-state index contributed by atoms with van der Waals surface area (Å²) in [6, 6.07) is 16.2. The quantitative estimate of drug-likeness (QED) is 0.460. The average Bonchev–Trinajstić information content (AvgIpc) is 2.85. The number of carbonyl (C=O) groups is 2. The Balaban J connectivity index is 1.44. The van der Waals surface area contributed by atoms with E-state index in [2.05, 4.69) is 15.3 Å². The number of para-hydroxylation sites is 1. The number of primary amides is 1. The van der Waals surface area contributed by atoms with Crippen molar-refractivity contribution in [1.82, 2.24) is 14.9 Å². The normalized spacial score (nSPS) is 15.5.